The van der Waals surface area contributed by atoms with Crippen molar-refractivity contribution in [2.75, 3.05) is 13.1 Å². The molecule has 3 heteroatoms. The molecule has 0 unspecified atom stereocenters. The predicted octanol–water partition coefficient (Wildman–Crippen LogP) is 1.20. The van der Waals surface area contributed by atoms with E-state index < -0.39 is 0 Å². The number of carbonyl (C=O) groups is 1. The number of hydrogen-bond acceptors (Lipinski definition) is 1. The monoisotopic (exact) mass is 180 g/mol. The van der Waals surface area contributed by atoms with Crippen LogP contribution in [0.4, 0.5) is 4.79 Å². The van der Waals surface area contributed by atoms with Crippen LogP contribution in [0.15, 0.2) is 0 Å². The van der Waals surface area contributed by atoms with Crippen molar-refractivity contribution >= 4 is 6.03 Å². The molecule has 0 radical (unpaired) electrons. The summed E-state index contributed by atoms with van der Waals surface area (Å²) in [5.74, 6) is 1.76. The quantitative estimate of drug-likeness (QED) is 0.646. The summed E-state index contributed by atoms with van der Waals surface area (Å²) in [7, 11) is 0. The molecule has 0 aromatic rings. The lowest BCUT2D eigenvalue weighted by molar-refractivity contribution is 0.171. The van der Waals surface area contributed by atoms with E-state index in [1.165, 1.54) is 25.7 Å². The number of nitrogens with zero attached hydrogens (tertiary/aromatic N) is 1. The zero-order valence-electron chi connectivity index (χ0n) is 7.83. The van der Waals surface area contributed by atoms with Crippen LogP contribution in [-0.4, -0.2) is 30.1 Å². The molecule has 3 fully saturated rings. The molecule has 2 bridgehead atoms. The first-order valence-corrected chi connectivity index (χ1v) is 5.39. The van der Waals surface area contributed by atoms with Gasteiger partial charge < -0.3 is 10.2 Å². The van der Waals surface area contributed by atoms with Gasteiger partial charge >= 0.3 is 6.03 Å². The predicted molar refractivity (Wildman–Crippen MR) is 49.3 cm³/mol. The van der Waals surface area contributed by atoms with Gasteiger partial charge in [0.25, 0.3) is 0 Å². The highest BCUT2D eigenvalue weighted by molar-refractivity contribution is 5.76. The molecule has 3 atom stereocenters. The Labute approximate surface area is 78.5 Å². The number of hydrogen-bond donors (Lipinski definition) is 1. The van der Waals surface area contributed by atoms with E-state index in [-0.39, 0.29) is 6.03 Å². The highest BCUT2D eigenvalue weighted by Gasteiger charge is 2.44. The molecule has 2 aliphatic carbocycles. The van der Waals surface area contributed by atoms with Gasteiger partial charge in [0.1, 0.15) is 0 Å². The second-order valence-corrected chi connectivity index (χ2v) is 4.67. The first kappa shape index (κ1) is 7.65. The Kier molecular flexibility index (Phi) is 1.55. The van der Waals surface area contributed by atoms with Crippen molar-refractivity contribution in [1.82, 2.24) is 10.2 Å². The Hall–Kier alpha value is -0.730. The summed E-state index contributed by atoms with van der Waals surface area (Å²) in [5, 5.41) is 2.89. The number of rotatable bonds is 1. The van der Waals surface area contributed by atoms with Gasteiger partial charge in [0, 0.05) is 19.1 Å². The van der Waals surface area contributed by atoms with Gasteiger partial charge in [-0.25, -0.2) is 4.79 Å². The maximum Gasteiger partial charge on any atom is 0.317 e. The molecule has 2 amide bonds. The topological polar surface area (TPSA) is 32.3 Å². The van der Waals surface area contributed by atoms with Crippen LogP contribution < -0.4 is 5.32 Å². The molecular formula is C10H16N2O. The maximum absolute atomic E-state index is 11.5. The third kappa shape index (κ3) is 1.06. The van der Waals surface area contributed by atoms with Crippen molar-refractivity contribution in [1.29, 1.82) is 0 Å². The standard InChI is InChI=1S/C10H16N2O/c13-10-11-3-4-12(10)9-6-7-1-2-8(9)5-7/h7-9H,1-6H2,(H,11,13)/t7-,8-,9-/m1/s1. The summed E-state index contributed by atoms with van der Waals surface area (Å²) in [6, 6.07) is 0.763. The van der Waals surface area contributed by atoms with Gasteiger partial charge in [0.15, 0.2) is 0 Å². The summed E-state index contributed by atoms with van der Waals surface area (Å²) in [6.45, 7) is 1.79. The molecule has 1 saturated heterocycles. The van der Waals surface area contributed by atoms with Gasteiger partial charge in [-0.2, -0.15) is 0 Å². The van der Waals surface area contributed by atoms with Crippen LogP contribution in [0.2, 0.25) is 0 Å². The number of fused-ring (bicyclic) bond motifs is 2. The van der Waals surface area contributed by atoms with E-state index in [2.05, 4.69) is 10.2 Å². The molecular weight excluding hydrogens is 164 g/mol. The van der Waals surface area contributed by atoms with E-state index in [1.807, 2.05) is 0 Å². The first-order chi connectivity index (χ1) is 6.34. The number of urea groups is 1. The number of amides is 2. The fraction of sp³-hybridized carbons (Fsp3) is 0.900. The molecule has 13 heavy (non-hydrogen) atoms. The molecule has 3 aliphatic rings. The SMILES string of the molecule is O=C1NCCN1[C@@H]1C[C@@H]2CC[C@@H]1C2. The summed E-state index contributed by atoms with van der Waals surface area (Å²) in [5.41, 5.74) is 0. The third-order valence-corrected chi connectivity index (χ3v) is 3.99. The van der Waals surface area contributed by atoms with Crippen molar-refractivity contribution in [2.24, 2.45) is 11.8 Å². The molecule has 1 aliphatic heterocycles. The van der Waals surface area contributed by atoms with Gasteiger partial charge in [0.05, 0.1) is 0 Å². The van der Waals surface area contributed by atoms with Crippen LogP contribution in [0.1, 0.15) is 25.7 Å². The fourth-order valence-corrected chi connectivity index (χ4v) is 3.40. The highest BCUT2D eigenvalue weighted by Crippen LogP contribution is 2.46. The molecule has 3 rings (SSSR count). The Bertz CT molecular complexity index is 241. The van der Waals surface area contributed by atoms with E-state index in [0.717, 1.165) is 24.9 Å². The largest absolute Gasteiger partial charge is 0.336 e. The minimum absolute atomic E-state index is 0.178. The van der Waals surface area contributed by atoms with Crippen molar-refractivity contribution < 1.29 is 4.79 Å². The lowest BCUT2D eigenvalue weighted by Gasteiger charge is -2.30. The van der Waals surface area contributed by atoms with E-state index in [9.17, 15) is 4.79 Å². The normalized spacial score (nSPS) is 42.9. The molecule has 1 heterocycles. The van der Waals surface area contributed by atoms with E-state index in [1.54, 1.807) is 0 Å². The van der Waals surface area contributed by atoms with Crippen LogP contribution in [-0.2, 0) is 0 Å². The summed E-state index contributed by atoms with van der Waals surface area (Å²) in [4.78, 5) is 13.5. The van der Waals surface area contributed by atoms with Crippen LogP contribution in [0, 0.1) is 11.8 Å². The minimum Gasteiger partial charge on any atom is -0.336 e. The van der Waals surface area contributed by atoms with Crippen LogP contribution >= 0.6 is 0 Å². The molecule has 0 aromatic heterocycles. The third-order valence-electron chi connectivity index (χ3n) is 3.99. The molecule has 0 aromatic carbocycles. The Morgan fingerprint density at radius 3 is 2.77 bits per heavy atom. The first-order valence-electron chi connectivity index (χ1n) is 5.39. The second-order valence-electron chi connectivity index (χ2n) is 4.67. The minimum atomic E-state index is 0.178. The Morgan fingerprint density at radius 2 is 2.23 bits per heavy atom. The second kappa shape index (κ2) is 2.63. The molecule has 2 saturated carbocycles. The van der Waals surface area contributed by atoms with Crippen molar-refractivity contribution in [3.63, 3.8) is 0 Å². The Morgan fingerprint density at radius 1 is 1.31 bits per heavy atom. The van der Waals surface area contributed by atoms with Crippen molar-refractivity contribution in [3.05, 3.63) is 0 Å². The van der Waals surface area contributed by atoms with Crippen LogP contribution in [0.5, 0.6) is 0 Å². The van der Waals surface area contributed by atoms with Gasteiger partial charge in [-0.15, -0.1) is 0 Å². The van der Waals surface area contributed by atoms with Crippen molar-refractivity contribution in [2.45, 2.75) is 31.7 Å². The zero-order valence-corrected chi connectivity index (χ0v) is 7.83. The van der Waals surface area contributed by atoms with E-state index in [4.69, 9.17) is 0 Å². The van der Waals surface area contributed by atoms with Crippen molar-refractivity contribution in [3.8, 4) is 0 Å². The Balaban J connectivity index is 1.75. The average molecular weight is 180 g/mol. The van der Waals surface area contributed by atoms with Gasteiger partial charge in [0.2, 0.25) is 0 Å². The fourth-order valence-electron chi connectivity index (χ4n) is 3.40. The maximum atomic E-state index is 11.5. The molecule has 72 valence electrons. The average Bonchev–Trinajstić information content (AvgIpc) is 2.77. The van der Waals surface area contributed by atoms with Crippen LogP contribution in [0.25, 0.3) is 0 Å². The zero-order chi connectivity index (χ0) is 8.84. The number of carbonyl (C=O) groups excluding carboxylic acids is 1. The molecule has 3 nitrogen and oxygen atoms in total. The summed E-state index contributed by atoms with van der Waals surface area (Å²) >= 11 is 0. The molecule has 1 N–H and O–H groups in total. The van der Waals surface area contributed by atoms with E-state index >= 15 is 0 Å². The lowest BCUT2D eigenvalue weighted by atomic mass is 9.94. The van der Waals surface area contributed by atoms with E-state index in [0.29, 0.717) is 6.04 Å². The molecule has 0 spiro atoms. The van der Waals surface area contributed by atoms with Gasteiger partial charge in [-0.3, -0.25) is 0 Å². The number of nitrogens with one attached hydrogen (secondary N) is 1. The highest BCUT2D eigenvalue weighted by atomic mass is 16.2. The van der Waals surface area contributed by atoms with Crippen LogP contribution in [0.3, 0.4) is 0 Å². The van der Waals surface area contributed by atoms with Gasteiger partial charge in [-0.05, 0) is 31.1 Å². The summed E-state index contributed by atoms with van der Waals surface area (Å²) in [6.07, 6.45) is 5.43. The van der Waals surface area contributed by atoms with Gasteiger partial charge in [-0.1, -0.05) is 6.42 Å². The lowest BCUT2D eigenvalue weighted by Crippen LogP contribution is -2.41. The smallest absolute Gasteiger partial charge is 0.317 e. The summed E-state index contributed by atoms with van der Waals surface area (Å²) < 4.78 is 0.